The fraction of sp³-hybridized carbons (Fsp3) is 0.103. The summed E-state index contributed by atoms with van der Waals surface area (Å²) in [6, 6.07) is 26.1. The first-order valence-corrected chi connectivity index (χ1v) is 12.8. The molecule has 1 aliphatic rings. The lowest BCUT2D eigenvalue weighted by atomic mass is 10.1. The molecule has 0 saturated carbocycles. The maximum atomic E-state index is 11.9. The van der Waals surface area contributed by atoms with Gasteiger partial charge >= 0.3 is 0 Å². The molecular weight excluding hydrogens is 482 g/mol. The van der Waals surface area contributed by atoms with Gasteiger partial charge < -0.3 is 10.1 Å². The Hall–Kier alpha value is -4.56. The van der Waals surface area contributed by atoms with E-state index >= 15 is 0 Å². The first kappa shape index (κ1) is 22.9. The molecule has 0 atom stereocenters. The number of ether oxygens (including phenoxy) is 1. The molecule has 8 heteroatoms. The first-order chi connectivity index (χ1) is 18.2. The minimum absolute atomic E-state index is 0.0286. The van der Waals surface area contributed by atoms with E-state index in [-0.39, 0.29) is 12.5 Å². The van der Waals surface area contributed by atoms with Crippen LogP contribution >= 0.6 is 11.3 Å². The van der Waals surface area contributed by atoms with Crippen molar-refractivity contribution in [1.82, 2.24) is 9.66 Å². The Balaban J connectivity index is 1.38. The van der Waals surface area contributed by atoms with Gasteiger partial charge in [0, 0.05) is 29.1 Å². The Morgan fingerprint density at radius 3 is 2.89 bits per heavy atom. The summed E-state index contributed by atoms with van der Waals surface area (Å²) < 4.78 is 7.39. The van der Waals surface area contributed by atoms with Gasteiger partial charge in [-0.05, 0) is 53.9 Å². The Morgan fingerprint density at radius 1 is 1.05 bits per heavy atom. The maximum absolute atomic E-state index is 11.9. The van der Waals surface area contributed by atoms with Gasteiger partial charge in [-0.3, -0.25) is 14.8 Å². The SMILES string of the molecule is O=C1COc2ccc(-c3csc(=NCCc4ccccc4)n3/N=C/c3ccc4ncccc4c3)cc2N1. The molecule has 0 bridgehead atoms. The summed E-state index contributed by atoms with van der Waals surface area (Å²) in [7, 11) is 0. The smallest absolute Gasteiger partial charge is 0.262 e. The molecule has 1 N–H and O–H groups in total. The molecule has 1 aliphatic heterocycles. The van der Waals surface area contributed by atoms with Crippen molar-refractivity contribution in [3.8, 4) is 17.0 Å². The van der Waals surface area contributed by atoms with Crippen molar-refractivity contribution >= 4 is 40.0 Å². The monoisotopic (exact) mass is 505 g/mol. The number of fused-ring (bicyclic) bond motifs is 2. The lowest BCUT2D eigenvalue weighted by Crippen LogP contribution is -2.25. The molecule has 3 heterocycles. The van der Waals surface area contributed by atoms with E-state index in [0.29, 0.717) is 18.0 Å². The van der Waals surface area contributed by atoms with Crippen molar-refractivity contribution < 1.29 is 9.53 Å². The molecule has 3 aromatic carbocycles. The van der Waals surface area contributed by atoms with Crippen LogP contribution in [0.5, 0.6) is 5.75 Å². The standard InChI is InChI=1S/C29H23N5O2S/c35-28-18-36-27-11-9-23(16-25(27)33-28)26-19-37-29(31-14-12-20-5-2-1-3-6-20)34(26)32-17-21-8-10-24-22(15-21)7-4-13-30-24/h1-11,13,15-17,19H,12,14,18H2,(H,33,35)/b31-29?,32-17+. The second-order valence-electron chi connectivity index (χ2n) is 8.58. The molecule has 0 spiro atoms. The van der Waals surface area contributed by atoms with Crippen LogP contribution in [0.4, 0.5) is 5.69 Å². The third-order valence-corrected chi connectivity index (χ3v) is 6.89. The zero-order chi connectivity index (χ0) is 25.0. The molecule has 1 amide bonds. The number of hydrogen-bond donors (Lipinski definition) is 1. The van der Waals surface area contributed by atoms with Crippen molar-refractivity contribution in [1.29, 1.82) is 0 Å². The van der Waals surface area contributed by atoms with Crippen LogP contribution < -0.4 is 14.9 Å². The number of carbonyl (C=O) groups excluding carboxylic acids is 1. The van der Waals surface area contributed by atoms with Gasteiger partial charge in [0.2, 0.25) is 4.80 Å². The van der Waals surface area contributed by atoms with Crippen LogP contribution in [-0.2, 0) is 11.2 Å². The topological polar surface area (TPSA) is 80.9 Å². The number of thiazole rings is 1. The summed E-state index contributed by atoms with van der Waals surface area (Å²) in [4.78, 5) is 21.9. The first-order valence-electron chi connectivity index (χ1n) is 11.9. The van der Waals surface area contributed by atoms with E-state index in [1.54, 1.807) is 6.20 Å². The number of nitrogens with zero attached hydrogens (tertiary/aromatic N) is 4. The number of aromatic nitrogens is 2. The van der Waals surface area contributed by atoms with Gasteiger partial charge in [0.05, 0.1) is 23.1 Å². The molecule has 182 valence electrons. The van der Waals surface area contributed by atoms with Crippen molar-refractivity contribution in [2.45, 2.75) is 6.42 Å². The summed E-state index contributed by atoms with van der Waals surface area (Å²) in [5.74, 6) is 0.495. The van der Waals surface area contributed by atoms with Gasteiger partial charge in [0.1, 0.15) is 5.75 Å². The normalized spacial score (nSPS) is 13.5. The predicted molar refractivity (Wildman–Crippen MR) is 147 cm³/mol. The van der Waals surface area contributed by atoms with E-state index in [4.69, 9.17) is 14.8 Å². The van der Waals surface area contributed by atoms with Crippen molar-refractivity contribution in [2.75, 3.05) is 18.5 Å². The average Bonchev–Trinajstić information content (AvgIpc) is 3.34. The summed E-state index contributed by atoms with van der Waals surface area (Å²) >= 11 is 1.54. The molecule has 7 nitrogen and oxygen atoms in total. The van der Waals surface area contributed by atoms with Crippen LogP contribution in [0.25, 0.3) is 22.2 Å². The highest BCUT2D eigenvalue weighted by atomic mass is 32.1. The van der Waals surface area contributed by atoms with Gasteiger partial charge in [-0.2, -0.15) is 5.10 Å². The second-order valence-corrected chi connectivity index (χ2v) is 9.42. The Kier molecular flexibility index (Phi) is 6.31. The van der Waals surface area contributed by atoms with Crippen molar-refractivity contribution in [3.05, 3.63) is 106 Å². The molecule has 0 radical (unpaired) electrons. The summed E-state index contributed by atoms with van der Waals surface area (Å²) in [6.45, 7) is 0.677. The Labute approximate surface area is 217 Å². The third kappa shape index (κ3) is 5.05. The summed E-state index contributed by atoms with van der Waals surface area (Å²) in [5.41, 5.74) is 5.59. The molecule has 5 aromatic rings. The van der Waals surface area contributed by atoms with Crippen LogP contribution in [0, 0.1) is 0 Å². The number of benzene rings is 3. The number of rotatable bonds is 6. The van der Waals surface area contributed by atoms with E-state index in [2.05, 4.69) is 28.5 Å². The average molecular weight is 506 g/mol. The quantitative estimate of drug-likeness (QED) is 0.325. The Bertz CT molecular complexity index is 1690. The van der Waals surface area contributed by atoms with Gasteiger partial charge in [-0.1, -0.05) is 42.5 Å². The lowest BCUT2D eigenvalue weighted by Gasteiger charge is -2.18. The minimum atomic E-state index is -0.164. The highest BCUT2D eigenvalue weighted by molar-refractivity contribution is 7.07. The molecule has 6 rings (SSSR count). The van der Waals surface area contributed by atoms with Gasteiger partial charge in [-0.15, -0.1) is 11.3 Å². The largest absolute Gasteiger partial charge is 0.482 e. The van der Waals surface area contributed by atoms with E-state index in [1.807, 2.05) is 76.9 Å². The van der Waals surface area contributed by atoms with E-state index in [9.17, 15) is 4.79 Å². The number of carbonyl (C=O) groups is 1. The highest BCUT2D eigenvalue weighted by Gasteiger charge is 2.17. The number of amides is 1. The predicted octanol–water partition coefficient (Wildman–Crippen LogP) is 5.12. The van der Waals surface area contributed by atoms with Crippen LogP contribution in [0.1, 0.15) is 11.1 Å². The minimum Gasteiger partial charge on any atom is -0.482 e. The molecule has 0 unspecified atom stereocenters. The summed E-state index contributed by atoms with van der Waals surface area (Å²) in [5, 5.41) is 10.8. The number of nitrogens with one attached hydrogen (secondary N) is 1. The van der Waals surface area contributed by atoms with Crippen molar-refractivity contribution in [2.24, 2.45) is 10.1 Å². The molecular formula is C29H23N5O2S. The number of hydrogen-bond acceptors (Lipinski definition) is 6. The van der Waals surface area contributed by atoms with Crippen LogP contribution in [0.15, 0.2) is 101 Å². The third-order valence-electron chi connectivity index (χ3n) is 6.03. The van der Waals surface area contributed by atoms with E-state index < -0.39 is 0 Å². The molecule has 37 heavy (non-hydrogen) atoms. The van der Waals surface area contributed by atoms with Gasteiger partial charge in [-0.25, -0.2) is 4.68 Å². The zero-order valence-corrected chi connectivity index (χ0v) is 20.7. The van der Waals surface area contributed by atoms with E-state index in [0.717, 1.165) is 38.9 Å². The highest BCUT2D eigenvalue weighted by Crippen LogP contribution is 2.33. The Morgan fingerprint density at radius 2 is 1.97 bits per heavy atom. The fourth-order valence-electron chi connectivity index (χ4n) is 4.18. The molecule has 2 aromatic heterocycles. The zero-order valence-electron chi connectivity index (χ0n) is 19.9. The molecule has 0 aliphatic carbocycles. The maximum Gasteiger partial charge on any atom is 0.262 e. The lowest BCUT2D eigenvalue weighted by molar-refractivity contribution is -0.118. The van der Waals surface area contributed by atoms with Crippen LogP contribution in [-0.4, -0.2) is 34.9 Å². The van der Waals surface area contributed by atoms with Crippen molar-refractivity contribution in [3.63, 3.8) is 0 Å². The number of anilines is 1. The summed E-state index contributed by atoms with van der Waals surface area (Å²) in [6.07, 6.45) is 4.47. The van der Waals surface area contributed by atoms with Crippen LogP contribution in [0.2, 0.25) is 0 Å². The molecule has 0 saturated heterocycles. The van der Waals surface area contributed by atoms with Gasteiger partial charge in [0.25, 0.3) is 5.91 Å². The number of pyridine rings is 1. The second kappa shape index (κ2) is 10.2. The fourth-order valence-corrected chi connectivity index (χ4v) is 5.05. The van der Waals surface area contributed by atoms with Crippen LogP contribution in [0.3, 0.4) is 0 Å². The van der Waals surface area contributed by atoms with E-state index in [1.165, 1.54) is 16.9 Å². The molecule has 0 fully saturated rings. The van der Waals surface area contributed by atoms with Gasteiger partial charge in [0.15, 0.2) is 6.61 Å².